The normalized spacial score (nSPS) is 12.9. The summed E-state index contributed by atoms with van der Waals surface area (Å²) < 4.78 is 15.7. The Labute approximate surface area is 181 Å². The minimum atomic E-state index is -0.192. The molecule has 7 nitrogen and oxygen atoms in total. The molecule has 1 amide bonds. The molecular weight excluding hydrogens is 394 g/mol. The minimum absolute atomic E-state index is 0.0111. The molecule has 0 aliphatic heterocycles. The summed E-state index contributed by atoms with van der Waals surface area (Å²) in [6.45, 7) is 0.0111. The van der Waals surface area contributed by atoms with Gasteiger partial charge in [-0.1, -0.05) is 0 Å². The second kappa shape index (κ2) is 9.22. The molecule has 0 fully saturated rings. The zero-order valence-electron chi connectivity index (χ0n) is 18.1. The first-order chi connectivity index (χ1) is 15.1. The SMILES string of the molecule is COCC(=O)Nc1ccc2nc3c(c(Nc4ccc(OC)c(OC)c4)c2c1)CCCC3. The fourth-order valence-electron chi connectivity index (χ4n) is 4.03. The van der Waals surface area contributed by atoms with Crippen molar-refractivity contribution in [3.8, 4) is 11.5 Å². The van der Waals surface area contributed by atoms with E-state index in [2.05, 4.69) is 10.6 Å². The standard InChI is InChI=1S/C24H27N3O4/c1-29-14-23(28)25-15-8-10-20-18(12-15)24(17-6-4-5-7-19(17)27-20)26-16-9-11-21(30-2)22(13-16)31-3/h8-13H,4-7,14H2,1-3H3,(H,25,28)(H,26,27). The third-order valence-electron chi connectivity index (χ3n) is 5.47. The lowest BCUT2D eigenvalue weighted by Crippen LogP contribution is -2.17. The van der Waals surface area contributed by atoms with Crippen LogP contribution in [0.25, 0.3) is 10.9 Å². The van der Waals surface area contributed by atoms with Crippen molar-refractivity contribution in [1.29, 1.82) is 0 Å². The third kappa shape index (κ3) is 4.41. The Morgan fingerprint density at radius 3 is 2.52 bits per heavy atom. The Morgan fingerprint density at radius 1 is 0.968 bits per heavy atom. The van der Waals surface area contributed by atoms with Crippen LogP contribution >= 0.6 is 0 Å². The number of carbonyl (C=O) groups is 1. The van der Waals surface area contributed by atoms with Crippen molar-refractivity contribution in [3.05, 3.63) is 47.7 Å². The molecule has 0 saturated carbocycles. The fraction of sp³-hybridized carbons (Fsp3) is 0.333. The van der Waals surface area contributed by atoms with Gasteiger partial charge in [-0.15, -0.1) is 0 Å². The zero-order chi connectivity index (χ0) is 21.8. The number of hydrogen-bond acceptors (Lipinski definition) is 6. The number of nitrogens with zero attached hydrogens (tertiary/aromatic N) is 1. The average Bonchev–Trinajstić information content (AvgIpc) is 2.79. The molecule has 3 aromatic rings. The van der Waals surface area contributed by atoms with Crippen molar-refractivity contribution in [3.63, 3.8) is 0 Å². The zero-order valence-corrected chi connectivity index (χ0v) is 18.1. The molecule has 1 aromatic heterocycles. The number of ether oxygens (including phenoxy) is 3. The number of nitrogens with one attached hydrogen (secondary N) is 2. The van der Waals surface area contributed by atoms with Gasteiger partial charge in [-0.2, -0.15) is 0 Å². The number of aryl methyl sites for hydroxylation is 1. The molecule has 0 unspecified atom stereocenters. The Kier molecular flexibility index (Phi) is 6.23. The summed E-state index contributed by atoms with van der Waals surface area (Å²) in [7, 11) is 4.75. The van der Waals surface area contributed by atoms with Crippen LogP contribution in [0.4, 0.5) is 17.1 Å². The van der Waals surface area contributed by atoms with E-state index < -0.39 is 0 Å². The first-order valence-corrected chi connectivity index (χ1v) is 10.4. The highest BCUT2D eigenvalue weighted by atomic mass is 16.5. The van der Waals surface area contributed by atoms with E-state index in [4.69, 9.17) is 19.2 Å². The number of amides is 1. The molecule has 0 radical (unpaired) electrons. The minimum Gasteiger partial charge on any atom is -0.493 e. The van der Waals surface area contributed by atoms with Gasteiger partial charge < -0.3 is 24.8 Å². The van der Waals surface area contributed by atoms with Gasteiger partial charge >= 0.3 is 0 Å². The molecule has 7 heteroatoms. The van der Waals surface area contributed by atoms with E-state index in [0.717, 1.165) is 53.7 Å². The molecule has 1 aliphatic carbocycles. The number of pyridine rings is 1. The lowest BCUT2D eigenvalue weighted by atomic mass is 9.92. The van der Waals surface area contributed by atoms with Gasteiger partial charge in [-0.3, -0.25) is 9.78 Å². The smallest absolute Gasteiger partial charge is 0.250 e. The van der Waals surface area contributed by atoms with E-state index >= 15 is 0 Å². The number of benzene rings is 2. The third-order valence-corrected chi connectivity index (χ3v) is 5.47. The van der Waals surface area contributed by atoms with Gasteiger partial charge in [0.05, 0.1) is 25.4 Å². The van der Waals surface area contributed by atoms with Gasteiger partial charge in [0.2, 0.25) is 5.91 Å². The Bertz CT molecular complexity index is 1110. The van der Waals surface area contributed by atoms with Gasteiger partial charge in [0.25, 0.3) is 0 Å². The lowest BCUT2D eigenvalue weighted by Gasteiger charge is -2.22. The predicted octanol–water partition coefficient (Wildman–Crippen LogP) is 4.46. The van der Waals surface area contributed by atoms with E-state index in [1.165, 1.54) is 12.7 Å². The lowest BCUT2D eigenvalue weighted by molar-refractivity contribution is -0.119. The largest absolute Gasteiger partial charge is 0.493 e. The van der Waals surface area contributed by atoms with Gasteiger partial charge in [0.1, 0.15) is 6.61 Å². The van der Waals surface area contributed by atoms with E-state index in [1.807, 2.05) is 36.4 Å². The molecule has 1 aliphatic rings. The maximum absolute atomic E-state index is 12.0. The second-order valence-electron chi connectivity index (χ2n) is 7.53. The molecular formula is C24H27N3O4. The van der Waals surface area contributed by atoms with Crippen molar-refractivity contribution in [1.82, 2.24) is 4.98 Å². The van der Waals surface area contributed by atoms with Crippen LogP contribution < -0.4 is 20.1 Å². The molecule has 0 spiro atoms. The number of anilines is 3. The van der Waals surface area contributed by atoms with Crippen LogP contribution in [0, 0.1) is 0 Å². The summed E-state index contributed by atoms with van der Waals surface area (Å²) in [5.41, 5.74) is 5.89. The van der Waals surface area contributed by atoms with Crippen molar-refractivity contribution in [2.75, 3.05) is 38.6 Å². The first kappa shape index (κ1) is 20.9. The number of methoxy groups -OCH3 is 3. The van der Waals surface area contributed by atoms with Crippen LogP contribution in [0.1, 0.15) is 24.1 Å². The summed E-state index contributed by atoms with van der Waals surface area (Å²) in [5, 5.41) is 7.44. The molecule has 1 heterocycles. The average molecular weight is 421 g/mol. The fourth-order valence-corrected chi connectivity index (χ4v) is 4.03. The summed E-state index contributed by atoms with van der Waals surface area (Å²) in [5.74, 6) is 1.15. The van der Waals surface area contributed by atoms with Crippen molar-refractivity contribution < 1.29 is 19.0 Å². The number of rotatable bonds is 7. The quantitative estimate of drug-likeness (QED) is 0.586. The maximum Gasteiger partial charge on any atom is 0.250 e. The number of hydrogen-bond donors (Lipinski definition) is 2. The summed E-state index contributed by atoms with van der Waals surface area (Å²) in [6.07, 6.45) is 4.21. The van der Waals surface area contributed by atoms with Crippen molar-refractivity contribution >= 4 is 33.9 Å². The Balaban J connectivity index is 1.80. The highest BCUT2D eigenvalue weighted by Crippen LogP contribution is 2.38. The summed E-state index contributed by atoms with van der Waals surface area (Å²) in [4.78, 5) is 16.9. The van der Waals surface area contributed by atoms with E-state index in [0.29, 0.717) is 17.2 Å². The first-order valence-electron chi connectivity index (χ1n) is 10.4. The van der Waals surface area contributed by atoms with Gasteiger partial charge in [0.15, 0.2) is 11.5 Å². The van der Waals surface area contributed by atoms with Crippen molar-refractivity contribution in [2.45, 2.75) is 25.7 Å². The van der Waals surface area contributed by atoms with Gasteiger partial charge in [-0.25, -0.2) is 0 Å². The molecule has 0 bridgehead atoms. The highest BCUT2D eigenvalue weighted by molar-refractivity contribution is 6.00. The monoisotopic (exact) mass is 421 g/mol. The van der Waals surface area contributed by atoms with E-state index in [9.17, 15) is 4.79 Å². The topological polar surface area (TPSA) is 81.7 Å². The predicted molar refractivity (Wildman–Crippen MR) is 122 cm³/mol. The highest BCUT2D eigenvalue weighted by Gasteiger charge is 2.19. The van der Waals surface area contributed by atoms with Crippen LogP contribution in [0.5, 0.6) is 11.5 Å². The summed E-state index contributed by atoms with van der Waals surface area (Å²) >= 11 is 0. The van der Waals surface area contributed by atoms with Crippen LogP contribution in [0.2, 0.25) is 0 Å². The number of carbonyl (C=O) groups excluding carboxylic acids is 1. The number of fused-ring (bicyclic) bond motifs is 2. The molecule has 31 heavy (non-hydrogen) atoms. The molecule has 162 valence electrons. The Morgan fingerprint density at radius 2 is 1.74 bits per heavy atom. The van der Waals surface area contributed by atoms with Crippen LogP contribution in [0.3, 0.4) is 0 Å². The maximum atomic E-state index is 12.0. The molecule has 0 saturated heterocycles. The van der Waals surface area contributed by atoms with E-state index in [1.54, 1.807) is 14.2 Å². The molecule has 0 atom stereocenters. The van der Waals surface area contributed by atoms with Gasteiger partial charge in [0, 0.05) is 35.6 Å². The second-order valence-corrected chi connectivity index (χ2v) is 7.53. The summed E-state index contributed by atoms with van der Waals surface area (Å²) in [6, 6.07) is 11.6. The van der Waals surface area contributed by atoms with Crippen LogP contribution in [-0.2, 0) is 22.4 Å². The van der Waals surface area contributed by atoms with Crippen LogP contribution in [0.15, 0.2) is 36.4 Å². The molecule has 2 N–H and O–H groups in total. The van der Waals surface area contributed by atoms with Crippen molar-refractivity contribution in [2.24, 2.45) is 0 Å². The molecule has 4 rings (SSSR count). The van der Waals surface area contributed by atoms with Gasteiger partial charge in [-0.05, 0) is 61.6 Å². The Hall–Kier alpha value is -3.32. The number of aromatic nitrogens is 1. The van der Waals surface area contributed by atoms with Crippen LogP contribution in [-0.4, -0.2) is 38.8 Å². The molecule has 2 aromatic carbocycles. The van der Waals surface area contributed by atoms with E-state index in [-0.39, 0.29) is 12.5 Å².